The lowest BCUT2D eigenvalue weighted by Gasteiger charge is -2.31. The van der Waals surface area contributed by atoms with E-state index in [0.717, 1.165) is 29.4 Å². The second-order valence-corrected chi connectivity index (χ2v) is 10.1. The summed E-state index contributed by atoms with van der Waals surface area (Å²) < 4.78 is 51.6. The Morgan fingerprint density at radius 2 is 2.03 bits per heavy atom. The quantitative estimate of drug-likeness (QED) is 0.252. The summed E-state index contributed by atoms with van der Waals surface area (Å²) in [5.74, 6) is -3.72. The highest BCUT2D eigenvalue weighted by atomic mass is 32.2. The van der Waals surface area contributed by atoms with Crippen molar-refractivity contribution in [1.82, 2.24) is 15.1 Å². The molecule has 2 fully saturated rings. The van der Waals surface area contributed by atoms with E-state index in [9.17, 15) is 32.4 Å². The molecule has 2 aliphatic rings. The van der Waals surface area contributed by atoms with E-state index < -0.39 is 30.0 Å². The Bertz CT molecular complexity index is 1040. The number of hydrogen-bond acceptors (Lipinski definition) is 6. The second kappa shape index (κ2) is 13.1. The molecule has 0 radical (unpaired) electrons. The van der Waals surface area contributed by atoms with Crippen LogP contribution in [0, 0.1) is 11.3 Å². The molecule has 2 N–H and O–H groups in total. The first-order valence-corrected chi connectivity index (χ1v) is 13.1. The molecule has 2 amide bonds. The number of rotatable bonds is 11. The van der Waals surface area contributed by atoms with Crippen LogP contribution in [0.1, 0.15) is 31.7 Å². The highest BCUT2D eigenvalue weighted by Gasteiger charge is 2.38. The summed E-state index contributed by atoms with van der Waals surface area (Å²) in [6, 6.07) is 9.54. The van der Waals surface area contributed by atoms with Crippen molar-refractivity contribution in [2.75, 3.05) is 44.6 Å². The molecule has 0 saturated carbocycles. The van der Waals surface area contributed by atoms with Crippen molar-refractivity contribution in [3.63, 3.8) is 0 Å². The number of thioether (sulfide) groups is 1. The van der Waals surface area contributed by atoms with Crippen molar-refractivity contribution in [2.45, 2.75) is 50.2 Å². The highest BCUT2D eigenvalue weighted by molar-refractivity contribution is 8.04. The second-order valence-electron chi connectivity index (χ2n) is 8.95. The minimum absolute atomic E-state index is 0.102. The molecule has 0 bridgehead atoms. The topological polar surface area (TPSA) is 88.5 Å². The summed E-state index contributed by atoms with van der Waals surface area (Å²) in [5.41, 5.74) is 1.59. The van der Waals surface area contributed by atoms with Crippen LogP contribution in [-0.4, -0.2) is 78.5 Å². The van der Waals surface area contributed by atoms with Crippen LogP contribution in [0.25, 0.3) is 0 Å². The molecule has 2 heterocycles. The van der Waals surface area contributed by atoms with E-state index in [1.165, 1.54) is 4.90 Å². The molecular weight excluding hydrogens is 510 g/mol. The monoisotopic (exact) mass is 541 g/mol. The third kappa shape index (κ3) is 8.10. The number of alkyl halides is 4. The molecule has 0 aliphatic carbocycles. The molecule has 1 aromatic carbocycles. The highest BCUT2D eigenvalue weighted by Crippen LogP contribution is 2.38. The van der Waals surface area contributed by atoms with Crippen LogP contribution in [0.2, 0.25) is 0 Å². The van der Waals surface area contributed by atoms with Crippen molar-refractivity contribution in [3.8, 4) is 6.07 Å². The number of carbonyl (C=O) groups is 2. The average Bonchev–Trinajstić information content (AvgIpc) is 3.17. The zero-order valence-corrected chi connectivity index (χ0v) is 21.4. The number of amides is 2. The number of carbonyl (C=O) groups excluding carboxylic acids is 2. The summed E-state index contributed by atoms with van der Waals surface area (Å²) in [6.45, 7) is 3.04. The van der Waals surface area contributed by atoms with Crippen LogP contribution < -0.4 is 10.6 Å². The Kier molecular flexibility index (Phi) is 10.2. The van der Waals surface area contributed by atoms with Crippen molar-refractivity contribution in [1.29, 1.82) is 5.26 Å². The molecule has 3 rings (SSSR count). The van der Waals surface area contributed by atoms with Gasteiger partial charge in [0.25, 0.3) is 18.3 Å². The van der Waals surface area contributed by atoms with Crippen molar-refractivity contribution >= 4 is 29.3 Å². The van der Waals surface area contributed by atoms with E-state index in [0.29, 0.717) is 32.6 Å². The lowest BCUT2D eigenvalue weighted by Crippen LogP contribution is -2.40. The minimum Gasteiger partial charge on any atom is -0.385 e. The maximum absolute atomic E-state index is 13.3. The normalized spacial score (nSPS) is 21.2. The lowest BCUT2D eigenvalue weighted by atomic mass is 10.1. The number of likely N-dealkylation sites (tertiary alicyclic amines) is 1. The van der Waals surface area contributed by atoms with Gasteiger partial charge in [-0.2, -0.15) is 5.26 Å². The number of halogens is 4. The third-order valence-corrected chi connectivity index (χ3v) is 7.66. The SMILES string of the molecule is CCN1C(=O)C(CCNc2cccc(CCN3CCC(F)(F)CC3)c2)SC1=C(C#N)C(=O)NCC(F)F. The van der Waals surface area contributed by atoms with Gasteiger partial charge in [-0.15, -0.1) is 0 Å². The fourth-order valence-corrected chi connectivity index (χ4v) is 5.56. The number of hydrogen-bond donors (Lipinski definition) is 2. The van der Waals surface area contributed by atoms with Gasteiger partial charge in [-0.05, 0) is 37.5 Å². The Morgan fingerprint density at radius 1 is 1.30 bits per heavy atom. The molecule has 0 spiro atoms. The number of benzene rings is 1. The number of nitriles is 1. The smallest absolute Gasteiger partial charge is 0.264 e. The van der Waals surface area contributed by atoms with E-state index in [1.807, 2.05) is 34.5 Å². The first kappa shape index (κ1) is 28.8. The first-order valence-electron chi connectivity index (χ1n) is 12.2. The molecular formula is C25H31F4N5O2S. The molecule has 202 valence electrons. The van der Waals surface area contributed by atoms with Gasteiger partial charge in [0.05, 0.1) is 11.8 Å². The summed E-state index contributed by atoms with van der Waals surface area (Å²) in [6.07, 6.45) is -1.79. The maximum atomic E-state index is 13.3. The number of anilines is 1. The first-order chi connectivity index (χ1) is 17.6. The van der Waals surface area contributed by atoms with Crippen molar-refractivity contribution in [2.24, 2.45) is 0 Å². The van der Waals surface area contributed by atoms with Crippen LogP contribution in [-0.2, 0) is 16.0 Å². The van der Waals surface area contributed by atoms with E-state index >= 15 is 0 Å². The maximum Gasteiger partial charge on any atom is 0.264 e. The van der Waals surface area contributed by atoms with E-state index in [1.54, 1.807) is 13.0 Å². The van der Waals surface area contributed by atoms with Gasteiger partial charge in [0.15, 0.2) is 0 Å². The van der Waals surface area contributed by atoms with Crippen molar-refractivity contribution < 1.29 is 27.2 Å². The van der Waals surface area contributed by atoms with Crippen LogP contribution in [0.5, 0.6) is 0 Å². The van der Waals surface area contributed by atoms with E-state index in [4.69, 9.17) is 0 Å². The zero-order valence-electron chi connectivity index (χ0n) is 20.6. The molecule has 2 saturated heterocycles. The van der Waals surface area contributed by atoms with Gasteiger partial charge < -0.3 is 20.4 Å². The van der Waals surface area contributed by atoms with Crippen LogP contribution in [0.3, 0.4) is 0 Å². The molecule has 1 unspecified atom stereocenters. The van der Waals surface area contributed by atoms with Crippen LogP contribution in [0.4, 0.5) is 23.2 Å². The minimum atomic E-state index is -2.75. The zero-order chi connectivity index (χ0) is 27.0. The molecule has 7 nitrogen and oxygen atoms in total. The summed E-state index contributed by atoms with van der Waals surface area (Å²) >= 11 is 1.10. The molecule has 37 heavy (non-hydrogen) atoms. The summed E-state index contributed by atoms with van der Waals surface area (Å²) in [5, 5.41) is 14.4. The Hall–Kier alpha value is -2.78. The van der Waals surface area contributed by atoms with Gasteiger partial charge in [0, 0.05) is 51.3 Å². The predicted octanol–water partition coefficient (Wildman–Crippen LogP) is 3.84. The summed E-state index contributed by atoms with van der Waals surface area (Å²) in [4.78, 5) is 28.5. The van der Waals surface area contributed by atoms with Gasteiger partial charge >= 0.3 is 0 Å². The standard InChI is InChI=1S/C25H31F4N5O2S/c1-2-34-23(36)20(37-24(34)19(15-30)22(35)32-16-21(26)27)6-10-31-18-5-3-4-17(14-18)7-11-33-12-8-25(28,29)9-13-33/h3-5,14,20-21,31H,2,6-13,16H2,1H3,(H,32,35). The fraction of sp³-hybridized carbons (Fsp3) is 0.560. The van der Waals surface area contributed by atoms with Gasteiger partial charge in [-0.25, -0.2) is 17.6 Å². The predicted molar refractivity (Wildman–Crippen MR) is 134 cm³/mol. The van der Waals surface area contributed by atoms with Gasteiger partial charge in [-0.1, -0.05) is 23.9 Å². The lowest BCUT2D eigenvalue weighted by molar-refractivity contribution is -0.127. The third-order valence-electron chi connectivity index (χ3n) is 6.29. The van der Waals surface area contributed by atoms with Crippen LogP contribution in [0.15, 0.2) is 34.9 Å². The number of nitrogens with zero attached hydrogens (tertiary/aromatic N) is 3. The Balaban J connectivity index is 1.53. The van der Waals surface area contributed by atoms with Crippen LogP contribution >= 0.6 is 11.8 Å². The molecule has 1 atom stereocenters. The molecule has 12 heteroatoms. The number of nitrogens with one attached hydrogen (secondary N) is 2. The Labute approximate surface area is 218 Å². The number of piperidine rings is 1. The van der Waals surface area contributed by atoms with E-state index in [2.05, 4.69) is 5.32 Å². The van der Waals surface area contributed by atoms with Gasteiger partial charge in [0.1, 0.15) is 16.7 Å². The fourth-order valence-electron chi connectivity index (χ4n) is 4.23. The Morgan fingerprint density at radius 3 is 2.68 bits per heavy atom. The molecule has 2 aliphatic heterocycles. The average molecular weight is 542 g/mol. The van der Waals surface area contributed by atoms with Gasteiger partial charge in [-0.3, -0.25) is 9.59 Å². The molecule has 0 aromatic heterocycles. The summed E-state index contributed by atoms with van der Waals surface area (Å²) in [7, 11) is 0. The molecule has 1 aromatic rings. The van der Waals surface area contributed by atoms with Gasteiger partial charge in [0.2, 0.25) is 5.91 Å². The van der Waals surface area contributed by atoms with E-state index in [-0.39, 0.29) is 35.9 Å². The largest absolute Gasteiger partial charge is 0.385 e. The van der Waals surface area contributed by atoms with Crippen molar-refractivity contribution in [3.05, 3.63) is 40.4 Å².